The van der Waals surface area contributed by atoms with Gasteiger partial charge in [0.05, 0.1) is 12.7 Å². The number of phenolic OH excluding ortho intramolecular Hbond substituents is 1. The number of hydrogen-bond acceptors (Lipinski definition) is 12. The lowest BCUT2D eigenvalue weighted by atomic mass is 10.1. The zero-order chi connectivity index (χ0) is 34.4. The second-order valence-corrected chi connectivity index (χ2v) is 9.50. The van der Waals surface area contributed by atoms with E-state index in [2.05, 4.69) is 19.9 Å². The highest BCUT2D eigenvalue weighted by Crippen LogP contribution is 2.10. The van der Waals surface area contributed by atoms with Gasteiger partial charge in [-0.25, -0.2) is 9.97 Å². The summed E-state index contributed by atoms with van der Waals surface area (Å²) < 4.78 is 0. The summed E-state index contributed by atoms with van der Waals surface area (Å²) in [6, 6.07) is 3.01. The summed E-state index contributed by atoms with van der Waals surface area (Å²) in [5.74, 6) is -3.79. The molecule has 0 aliphatic heterocycles. The Morgan fingerprint density at radius 2 is 1.04 bits per heavy atom. The van der Waals surface area contributed by atoms with E-state index < -0.39 is 48.0 Å². The van der Waals surface area contributed by atoms with Crippen molar-refractivity contribution in [3.63, 3.8) is 0 Å². The predicted octanol–water partition coefficient (Wildman–Crippen LogP) is -1.40. The number of rotatable bonds is 14. The fourth-order valence-electron chi connectivity index (χ4n) is 3.05. The molecule has 0 bridgehead atoms. The molecule has 0 unspecified atom stereocenters. The van der Waals surface area contributed by atoms with E-state index >= 15 is 0 Å². The summed E-state index contributed by atoms with van der Waals surface area (Å²) in [5, 5.41) is 42.6. The summed E-state index contributed by atoms with van der Waals surface area (Å²) in [7, 11) is 0. The Labute approximate surface area is 258 Å². The number of nitrogens with zero attached hydrogens (tertiary/aromatic N) is 2. The zero-order valence-electron chi connectivity index (χ0n) is 24.5. The van der Waals surface area contributed by atoms with Crippen molar-refractivity contribution >= 4 is 23.9 Å². The van der Waals surface area contributed by atoms with Crippen molar-refractivity contribution < 1.29 is 44.7 Å². The number of aliphatic carboxylic acids is 4. The molecule has 4 atom stereocenters. The Morgan fingerprint density at radius 1 is 0.644 bits per heavy atom. The Bertz CT molecular complexity index is 1190. The first-order valence-corrected chi connectivity index (χ1v) is 13.5. The Kier molecular flexibility index (Phi) is 20.2. The number of carboxylic acids is 4. The second-order valence-electron chi connectivity index (χ2n) is 9.50. The van der Waals surface area contributed by atoms with Crippen LogP contribution in [0.25, 0.3) is 0 Å². The van der Waals surface area contributed by atoms with Crippen LogP contribution in [0.1, 0.15) is 36.2 Å². The van der Waals surface area contributed by atoms with Crippen LogP contribution in [-0.2, 0) is 38.4 Å². The number of aromatic amines is 2. The lowest BCUT2D eigenvalue weighted by molar-refractivity contribution is -0.139. The number of aromatic hydroxyl groups is 1. The zero-order valence-corrected chi connectivity index (χ0v) is 24.5. The fourth-order valence-corrected chi connectivity index (χ4v) is 3.05. The molecule has 18 heteroatoms. The molecule has 2 aromatic heterocycles. The van der Waals surface area contributed by atoms with E-state index in [9.17, 15) is 19.2 Å². The van der Waals surface area contributed by atoms with Crippen LogP contribution in [0.5, 0.6) is 5.75 Å². The minimum absolute atomic E-state index is 0.160. The Morgan fingerprint density at radius 3 is 1.38 bits per heavy atom. The number of nitrogens with one attached hydrogen (secondary N) is 2. The Hall–Kier alpha value is -4.88. The van der Waals surface area contributed by atoms with E-state index in [1.807, 2.05) is 0 Å². The summed E-state index contributed by atoms with van der Waals surface area (Å²) in [6.45, 7) is 0.604. The first kappa shape index (κ1) is 40.1. The van der Waals surface area contributed by atoms with Gasteiger partial charge in [-0.15, -0.1) is 0 Å². The fraction of sp³-hybridized carbons (Fsp3) is 0.407. The molecule has 250 valence electrons. The summed E-state index contributed by atoms with van der Waals surface area (Å²) in [6.07, 6.45) is 9.11. The average Bonchev–Trinajstić information content (AvgIpc) is 3.70. The van der Waals surface area contributed by atoms with Gasteiger partial charge in [-0.1, -0.05) is 18.6 Å². The molecule has 0 spiro atoms. The van der Waals surface area contributed by atoms with Gasteiger partial charge in [0, 0.05) is 36.6 Å². The number of benzene rings is 1. The predicted molar refractivity (Wildman–Crippen MR) is 162 cm³/mol. The third-order valence-electron chi connectivity index (χ3n) is 5.62. The molecule has 0 saturated carbocycles. The lowest BCUT2D eigenvalue weighted by Gasteiger charge is -2.05. The number of hydrogen-bond donors (Lipinski definition) is 12. The molecule has 18 nitrogen and oxygen atoms in total. The molecule has 3 rings (SSSR count). The van der Waals surface area contributed by atoms with Crippen molar-refractivity contribution in [2.24, 2.45) is 28.7 Å². The Balaban J connectivity index is 0.000000577. The number of carbonyl (C=O) groups is 4. The molecule has 17 N–H and O–H groups in total. The number of aromatic nitrogens is 4. The monoisotopic (exact) mass is 637 g/mol. The maximum absolute atomic E-state index is 10.4. The van der Waals surface area contributed by atoms with Gasteiger partial charge in [0.25, 0.3) is 0 Å². The number of H-pyrrole nitrogens is 2. The number of phenols is 1. The van der Waals surface area contributed by atoms with E-state index in [0.29, 0.717) is 13.0 Å². The van der Waals surface area contributed by atoms with Gasteiger partial charge in [-0.05, 0) is 43.5 Å². The van der Waals surface area contributed by atoms with E-state index in [0.717, 1.165) is 29.8 Å². The van der Waals surface area contributed by atoms with E-state index in [1.54, 1.807) is 24.5 Å². The standard InChI is InChI=1S/C9H11NO3.2C6H9N3O2.C6H14N2O2/c10-8(9(12)13)5-6-1-3-7(11)4-2-6;2*7-5(6(10)11)1-4-2-8-3-9-4;7-4-2-1-3-5(8)6(9)10/h1-4,8,11H,5,10H2,(H,12,13);2*2-3,5H,1,7H2,(H,8,9)(H,10,11);5H,1-4,7-8H2,(H,9,10)/t8-;3*5-/m0000/s1. The summed E-state index contributed by atoms with van der Waals surface area (Å²) in [5.41, 5.74) is 28.5. The minimum Gasteiger partial charge on any atom is -0.508 e. The van der Waals surface area contributed by atoms with Crippen LogP contribution in [0.2, 0.25) is 0 Å². The smallest absolute Gasteiger partial charge is 0.320 e. The maximum atomic E-state index is 10.4. The molecule has 0 saturated heterocycles. The number of carboxylic acid groups (broad SMARTS) is 4. The van der Waals surface area contributed by atoms with Gasteiger partial charge in [0.15, 0.2) is 0 Å². The molecule has 0 fully saturated rings. The highest BCUT2D eigenvalue weighted by molar-refractivity contribution is 5.74. The lowest BCUT2D eigenvalue weighted by Crippen LogP contribution is -2.32. The molecule has 1 aromatic carbocycles. The van der Waals surface area contributed by atoms with Gasteiger partial charge in [0.1, 0.15) is 29.9 Å². The molecular weight excluding hydrogens is 594 g/mol. The molecule has 0 aliphatic rings. The first-order valence-electron chi connectivity index (χ1n) is 13.5. The van der Waals surface area contributed by atoms with Crippen LogP contribution < -0.4 is 28.7 Å². The highest BCUT2D eigenvalue weighted by Gasteiger charge is 2.13. The van der Waals surface area contributed by atoms with Crippen LogP contribution in [0.4, 0.5) is 0 Å². The van der Waals surface area contributed by atoms with Gasteiger partial charge in [-0.2, -0.15) is 0 Å². The molecule has 0 aliphatic carbocycles. The largest absolute Gasteiger partial charge is 0.508 e. The van der Waals surface area contributed by atoms with Crippen molar-refractivity contribution in [1.29, 1.82) is 0 Å². The molecule has 45 heavy (non-hydrogen) atoms. The van der Waals surface area contributed by atoms with Crippen molar-refractivity contribution in [3.8, 4) is 5.75 Å². The van der Waals surface area contributed by atoms with Crippen molar-refractivity contribution in [2.75, 3.05) is 6.54 Å². The normalized spacial score (nSPS) is 12.7. The number of imidazole rings is 2. The summed E-state index contributed by atoms with van der Waals surface area (Å²) >= 11 is 0. The van der Waals surface area contributed by atoms with Crippen LogP contribution in [-0.4, -0.2) is 100 Å². The topological polar surface area (TPSA) is 357 Å². The third kappa shape index (κ3) is 19.8. The second kappa shape index (κ2) is 22.6. The minimum atomic E-state index is -1.02. The van der Waals surface area contributed by atoms with Gasteiger partial charge in [-0.3, -0.25) is 19.2 Å². The molecular formula is C27H43N9O9. The third-order valence-corrected chi connectivity index (χ3v) is 5.62. The van der Waals surface area contributed by atoms with Gasteiger partial charge >= 0.3 is 23.9 Å². The van der Waals surface area contributed by atoms with Crippen LogP contribution in [0.3, 0.4) is 0 Å². The van der Waals surface area contributed by atoms with Gasteiger partial charge < -0.3 is 64.2 Å². The average molecular weight is 638 g/mol. The van der Waals surface area contributed by atoms with E-state index in [-0.39, 0.29) is 25.0 Å². The van der Waals surface area contributed by atoms with Crippen molar-refractivity contribution in [1.82, 2.24) is 19.9 Å². The van der Waals surface area contributed by atoms with Gasteiger partial charge in [0.2, 0.25) is 0 Å². The maximum Gasteiger partial charge on any atom is 0.320 e. The first-order chi connectivity index (χ1) is 21.2. The van der Waals surface area contributed by atoms with Crippen molar-refractivity contribution in [3.05, 3.63) is 66.3 Å². The molecule has 0 amide bonds. The number of nitrogens with two attached hydrogens (primary N) is 5. The van der Waals surface area contributed by atoms with Crippen molar-refractivity contribution in [2.45, 2.75) is 62.7 Å². The quantitative estimate of drug-likeness (QED) is 0.0904. The van der Waals surface area contributed by atoms with Crippen LogP contribution in [0, 0.1) is 0 Å². The highest BCUT2D eigenvalue weighted by atomic mass is 16.4. The molecule has 2 heterocycles. The molecule has 3 aromatic rings. The van der Waals surface area contributed by atoms with Crippen LogP contribution >= 0.6 is 0 Å². The summed E-state index contributed by atoms with van der Waals surface area (Å²) in [4.78, 5) is 54.1. The van der Waals surface area contributed by atoms with E-state index in [4.69, 9.17) is 54.2 Å². The molecule has 0 radical (unpaired) electrons. The van der Waals surface area contributed by atoms with Crippen LogP contribution in [0.15, 0.2) is 49.3 Å². The van der Waals surface area contributed by atoms with E-state index in [1.165, 1.54) is 24.8 Å². The SMILES string of the molecule is NCCCC[C@H](N)C(=O)O.N[C@@H](Cc1ccc(O)cc1)C(=O)O.N[C@@H](Cc1cnc[nH]1)C(=O)O.N[C@@H](Cc1cnc[nH]1)C(=O)O. The number of unbranched alkanes of at least 4 members (excludes halogenated alkanes) is 1.